The number of benzene rings is 2. The van der Waals surface area contributed by atoms with Crippen LogP contribution in [0.2, 0.25) is 0 Å². The average molecular weight is 351 g/mol. The molecule has 26 heavy (non-hydrogen) atoms. The minimum absolute atomic E-state index is 0.290. The van der Waals surface area contributed by atoms with E-state index in [9.17, 15) is 9.18 Å². The highest BCUT2D eigenvalue weighted by Gasteiger charge is 2.11. The van der Waals surface area contributed by atoms with Crippen molar-refractivity contribution < 1.29 is 13.9 Å². The van der Waals surface area contributed by atoms with Gasteiger partial charge in [0.1, 0.15) is 17.4 Å². The Morgan fingerprint density at radius 2 is 1.96 bits per heavy atom. The zero-order valence-corrected chi connectivity index (χ0v) is 14.2. The van der Waals surface area contributed by atoms with E-state index in [1.807, 2.05) is 19.1 Å². The Hall–Kier alpha value is -3.41. The van der Waals surface area contributed by atoms with Gasteiger partial charge in [0, 0.05) is 17.4 Å². The van der Waals surface area contributed by atoms with E-state index in [2.05, 4.69) is 15.6 Å². The number of nitrogens with one attached hydrogen (secondary N) is 2. The lowest BCUT2D eigenvalue weighted by Gasteiger charge is -2.12. The molecule has 0 aliphatic carbocycles. The number of hydrogen-bond acceptors (Lipinski definition) is 4. The van der Waals surface area contributed by atoms with E-state index in [-0.39, 0.29) is 11.7 Å². The number of aromatic nitrogens is 1. The van der Waals surface area contributed by atoms with Crippen molar-refractivity contribution in [3.8, 4) is 5.75 Å². The van der Waals surface area contributed by atoms with E-state index in [1.165, 1.54) is 18.3 Å². The molecule has 0 bridgehead atoms. The smallest absolute Gasteiger partial charge is 0.255 e. The molecule has 0 aliphatic heterocycles. The highest BCUT2D eigenvalue weighted by atomic mass is 19.1. The number of hydrogen-bond donors (Lipinski definition) is 2. The molecule has 3 aromatic rings. The summed E-state index contributed by atoms with van der Waals surface area (Å²) in [4.78, 5) is 16.7. The number of halogens is 1. The zero-order valence-electron chi connectivity index (χ0n) is 14.2. The van der Waals surface area contributed by atoms with Crippen LogP contribution >= 0.6 is 0 Å². The van der Waals surface area contributed by atoms with Crippen LogP contribution in [-0.4, -0.2) is 17.5 Å². The fourth-order valence-corrected chi connectivity index (χ4v) is 2.40. The number of rotatable bonds is 6. The van der Waals surface area contributed by atoms with Crippen molar-refractivity contribution in [1.29, 1.82) is 0 Å². The van der Waals surface area contributed by atoms with Crippen LogP contribution in [0.4, 0.5) is 21.6 Å². The van der Waals surface area contributed by atoms with Gasteiger partial charge in [0.25, 0.3) is 5.91 Å². The van der Waals surface area contributed by atoms with Gasteiger partial charge in [-0.15, -0.1) is 0 Å². The molecule has 2 aromatic carbocycles. The van der Waals surface area contributed by atoms with Gasteiger partial charge in [0.2, 0.25) is 0 Å². The molecule has 0 atom stereocenters. The quantitative estimate of drug-likeness (QED) is 0.680. The number of pyridine rings is 1. The third-order valence-electron chi connectivity index (χ3n) is 3.55. The Balaban J connectivity index is 1.76. The molecule has 5 nitrogen and oxygen atoms in total. The maximum atomic E-state index is 13.3. The molecule has 2 N–H and O–H groups in total. The van der Waals surface area contributed by atoms with E-state index in [0.717, 1.165) is 0 Å². The molecule has 0 spiro atoms. The summed E-state index contributed by atoms with van der Waals surface area (Å²) in [5, 5.41) is 5.81. The zero-order chi connectivity index (χ0) is 18.4. The number of carbonyl (C=O) groups is 1. The molecule has 0 saturated heterocycles. The van der Waals surface area contributed by atoms with Crippen LogP contribution in [0.25, 0.3) is 0 Å². The van der Waals surface area contributed by atoms with Crippen molar-refractivity contribution in [2.24, 2.45) is 0 Å². The first-order chi connectivity index (χ1) is 12.7. The number of amides is 1. The molecular formula is C20H18FN3O2. The van der Waals surface area contributed by atoms with Crippen LogP contribution in [0, 0.1) is 5.82 Å². The topological polar surface area (TPSA) is 63.2 Å². The minimum Gasteiger partial charge on any atom is -0.492 e. The van der Waals surface area contributed by atoms with Crippen molar-refractivity contribution in [3.05, 3.63) is 78.2 Å². The van der Waals surface area contributed by atoms with Gasteiger partial charge >= 0.3 is 0 Å². The summed E-state index contributed by atoms with van der Waals surface area (Å²) in [6, 6.07) is 16.5. The molecule has 0 aliphatic rings. The second kappa shape index (κ2) is 8.11. The first kappa shape index (κ1) is 17.4. The standard InChI is InChI=1S/C20H18FN3O2/c1-2-26-18-9-4-3-8-17(18)24-20(25)14-10-11-22-19(12-14)23-16-7-5-6-15(21)13-16/h3-13H,2H2,1H3,(H,22,23)(H,24,25). The van der Waals surface area contributed by atoms with Crippen LogP contribution in [0.3, 0.4) is 0 Å². The molecular weight excluding hydrogens is 333 g/mol. The lowest BCUT2D eigenvalue weighted by molar-refractivity contribution is 0.102. The summed E-state index contributed by atoms with van der Waals surface area (Å²) in [7, 11) is 0. The fraction of sp³-hybridized carbons (Fsp3) is 0.100. The molecule has 1 heterocycles. The van der Waals surface area contributed by atoms with Crippen molar-refractivity contribution in [2.45, 2.75) is 6.92 Å². The SMILES string of the molecule is CCOc1ccccc1NC(=O)c1ccnc(Nc2cccc(F)c2)c1. The second-order valence-electron chi connectivity index (χ2n) is 5.45. The van der Waals surface area contributed by atoms with Gasteiger partial charge in [-0.1, -0.05) is 18.2 Å². The van der Waals surface area contributed by atoms with Crippen LogP contribution in [-0.2, 0) is 0 Å². The maximum absolute atomic E-state index is 13.3. The van der Waals surface area contributed by atoms with Gasteiger partial charge in [-0.25, -0.2) is 9.37 Å². The Kier molecular flexibility index (Phi) is 5.43. The minimum atomic E-state index is -0.351. The molecule has 3 rings (SSSR count). The van der Waals surface area contributed by atoms with Crippen molar-refractivity contribution >= 4 is 23.1 Å². The molecule has 6 heteroatoms. The van der Waals surface area contributed by atoms with Crippen molar-refractivity contribution in [1.82, 2.24) is 4.98 Å². The Morgan fingerprint density at radius 1 is 1.12 bits per heavy atom. The Morgan fingerprint density at radius 3 is 2.77 bits per heavy atom. The molecule has 1 amide bonds. The molecule has 0 unspecified atom stereocenters. The van der Waals surface area contributed by atoms with E-state index in [4.69, 9.17) is 4.74 Å². The summed E-state index contributed by atoms with van der Waals surface area (Å²) < 4.78 is 18.8. The maximum Gasteiger partial charge on any atom is 0.255 e. The van der Waals surface area contributed by atoms with Gasteiger partial charge in [-0.3, -0.25) is 4.79 Å². The number of carbonyl (C=O) groups excluding carboxylic acids is 1. The first-order valence-electron chi connectivity index (χ1n) is 8.17. The molecule has 0 radical (unpaired) electrons. The van der Waals surface area contributed by atoms with Crippen molar-refractivity contribution in [3.63, 3.8) is 0 Å². The van der Waals surface area contributed by atoms with Crippen LogP contribution in [0.15, 0.2) is 66.9 Å². The summed E-state index contributed by atoms with van der Waals surface area (Å²) >= 11 is 0. The fourth-order valence-electron chi connectivity index (χ4n) is 2.40. The van der Waals surface area contributed by atoms with Gasteiger partial charge in [0.05, 0.1) is 12.3 Å². The highest BCUT2D eigenvalue weighted by Crippen LogP contribution is 2.24. The van der Waals surface area contributed by atoms with E-state index in [0.29, 0.717) is 35.1 Å². The van der Waals surface area contributed by atoms with Gasteiger partial charge in [0.15, 0.2) is 0 Å². The first-order valence-corrected chi connectivity index (χ1v) is 8.17. The molecule has 132 valence electrons. The molecule has 0 saturated carbocycles. The van der Waals surface area contributed by atoms with Crippen LogP contribution in [0.5, 0.6) is 5.75 Å². The third-order valence-corrected chi connectivity index (χ3v) is 3.55. The lowest BCUT2D eigenvalue weighted by atomic mass is 10.2. The predicted molar refractivity (Wildman–Crippen MR) is 99.5 cm³/mol. The molecule has 1 aromatic heterocycles. The predicted octanol–water partition coefficient (Wildman–Crippen LogP) is 4.62. The molecule has 0 fully saturated rings. The highest BCUT2D eigenvalue weighted by molar-refractivity contribution is 6.05. The van der Waals surface area contributed by atoms with Gasteiger partial charge < -0.3 is 15.4 Å². The van der Waals surface area contributed by atoms with Crippen LogP contribution < -0.4 is 15.4 Å². The summed E-state index contributed by atoms with van der Waals surface area (Å²) in [6.45, 7) is 2.38. The summed E-state index contributed by atoms with van der Waals surface area (Å²) in [5.41, 5.74) is 1.57. The van der Waals surface area contributed by atoms with Gasteiger partial charge in [-0.05, 0) is 49.4 Å². The van der Waals surface area contributed by atoms with Crippen LogP contribution in [0.1, 0.15) is 17.3 Å². The van der Waals surface area contributed by atoms with E-state index in [1.54, 1.807) is 36.4 Å². The average Bonchev–Trinajstić information content (AvgIpc) is 2.64. The van der Waals surface area contributed by atoms with E-state index >= 15 is 0 Å². The number of anilines is 3. The third kappa shape index (κ3) is 4.36. The Labute approximate surface area is 150 Å². The van der Waals surface area contributed by atoms with Crippen molar-refractivity contribution in [2.75, 3.05) is 17.2 Å². The monoisotopic (exact) mass is 351 g/mol. The number of ether oxygens (including phenoxy) is 1. The summed E-state index contributed by atoms with van der Waals surface area (Å²) in [6.07, 6.45) is 1.52. The number of nitrogens with zero attached hydrogens (tertiary/aromatic N) is 1. The largest absolute Gasteiger partial charge is 0.492 e. The lowest BCUT2D eigenvalue weighted by Crippen LogP contribution is -2.13. The van der Waals surface area contributed by atoms with E-state index < -0.39 is 0 Å². The summed E-state index contributed by atoms with van der Waals surface area (Å²) in [5.74, 6) is 0.412. The second-order valence-corrected chi connectivity index (χ2v) is 5.45. The Bertz CT molecular complexity index is 915. The normalized spacial score (nSPS) is 10.2. The van der Waals surface area contributed by atoms with Gasteiger partial charge in [-0.2, -0.15) is 0 Å². The number of para-hydroxylation sites is 2.